The van der Waals surface area contributed by atoms with Crippen molar-refractivity contribution in [1.29, 1.82) is 0 Å². The number of hydrogen-bond donors (Lipinski definition) is 1. The van der Waals surface area contributed by atoms with Gasteiger partial charge in [-0.2, -0.15) is 0 Å². The zero-order valence-corrected chi connectivity index (χ0v) is 12.6. The number of anilines is 1. The summed E-state index contributed by atoms with van der Waals surface area (Å²) in [6.45, 7) is 3.08. The third-order valence-corrected chi connectivity index (χ3v) is 3.63. The molecule has 0 spiro atoms. The van der Waals surface area contributed by atoms with Crippen LogP contribution in [0.25, 0.3) is 11.4 Å². The molecule has 0 unspecified atom stereocenters. The molecule has 4 heteroatoms. The molecule has 1 saturated carbocycles. The Kier molecular flexibility index (Phi) is 4.04. The van der Waals surface area contributed by atoms with Gasteiger partial charge in [0.1, 0.15) is 11.6 Å². The van der Waals surface area contributed by atoms with Gasteiger partial charge in [0.15, 0.2) is 5.82 Å². The van der Waals surface area contributed by atoms with Crippen LogP contribution in [0.1, 0.15) is 37.8 Å². The molecular weight excluding hydrogens is 262 g/mol. The van der Waals surface area contributed by atoms with Crippen molar-refractivity contribution in [2.45, 2.75) is 32.1 Å². The van der Waals surface area contributed by atoms with Gasteiger partial charge in [-0.05, 0) is 31.4 Å². The Hall–Kier alpha value is -2.10. The molecule has 3 rings (SSSR count). The minimum absolute atomic E-state index is 0.611. The lowest BCUT2D eigenvalue weighted by Crippen LogP contribution is -2.05. The second kappa shape index (κ2) is 6.12. The quantitative estimate of drug-likeness (QED) is 0.874. The van der Waals surface area contributed by atoms with Gasteiger partial charge in [0.2, 0.25) is 0 Å². The van der Waals surface area contributed by atoms with Crippen LogP contribution in [0.4, 0.5) is 5.82 Å². The van der Waals surface area contributed by atoms with Crippen LogP contribution >= 0.6 is 0 Å². The summed E-state index contributed by atoms with van der Waals surface area (Å²) in [5.41, 5.74) is 2.15. The topological polar surface area (TPSA) is 47.0 Å². The first kappa shape index (κ1) is 13.9. The number of rotatable bonds is 6. The highest BCUT2D eigenvalue weighted by atomic mass is 16.5. The van der Waals surface area contributed by atoms with Gasteiger partial charge in [0.05, 0.1) is 7.11 Å². The molecule has 1 heterocycles. The van der Waals surface area contributed by atoms with Crippen molar-refractivity contribution in [3.05, 3.63) is 36.0 Å². The normalized spacial score (nSPS) is 14.0. The van der Waals surface area contributed by atoms with Gasteiger partial charge in [-0.25, -0.2) is 9.97 Å². The van der Waals surface area contributed by atoms with E-state index in [1.807, 2.05) is 24.3 Å². The number of methoxy groups -OCH3 is 1. The molecule has 1 aromatic heterocycles. The van der Waals surface area contributed by atoms with E-state index in [1.165, 1.54) is 12.8 Å². The molecule has 0 atom stereocenters. The first-order valence-electron chi connectivity index (χ1n) is 7.57. The highest BCUT2D eigenvalue weighted by Crippen LogP contribution is 2.40. The summed E-state index contributed by atoms with van der Waals surface area (Å²) in [6, 6.07) is 10.0. The Morgan fingerprint density at radius 3 is 2.81 bits per heavy atom. The zero-order chi connectivity index (χ0) is 14.7. The van der Waals surface area contributed by atoms with E-state index in [9.17, 15) is 0 Å². The lowest BCUT2D eigenvalue weighted by molar-refractivity contribution is 0.415. The van der Waals surface area contributed by atoms with Gasteiger partial charge in [0, 0.05) is 29.8 Å². The molecule has 0 amide bonds. The van der Waals surface area contributed by atoms with Crippen molar-refractivity contribution in [3.8, 4) is 17.1 Å². The standard InChI is InChI=1S/C17H21N3O/c1-3-9-18-16-11-15(12-7-8-12)19-17(20-16)13-5-4-6-14(10-13)21-2/h4-6,10-12H,3,7-9H2,1-2H3,(H,18,19,20). The van der Waals surface area contributed by atoms with Crippen LogP contribution in [0.2, 0.25) is 0 Å². The highest BCUT2D eigenvalue weighted by Gasteiger charge is 2.26. The summed E-state index contributed by atoms with van der Waals surface area (Å²) in [6.07, 6.45) is 3.56. The summed E-state index contributed by atoms with van der Waals surface area (Å²) in [7, 11) is 1.68. The van der Waals surface area contributed by atoms with Crippen molar-refractivity contribution in [2.24, 2.45) is 0 Å². The van der Waals surface area contributed by atoms with Gasteiger partial charge in [-0.15, -0.1) is 0 Å². The lowest BCUT2D eigenvalue weighted by atomic mass is 10.2. The van der Waals surface area contributed by atoms with E-state index >= 15 is 0 Å². The van der Waals surface area contributed by atoms with Gasteiger partial charge in [0.25, 0.3) is 0 Å². The maximum absolute atomic E-state index is 5.29. The number of hydrogen-bond acceptors (Lipinski definition) is 4. The van der Waals surface area contributed by atoms with Gasteiger partial charge in [-0.3, -0.25) is 0 Å². The lowest BCUT2D eigenvalue weighted by Gasteiger charge is -2.10. The Morgan fingerprint density at radius 2 is 2.10 bits per heavy atom. The van der Waals surface area contributed by atoms with Crippen LogP contribution in [-0.4, -0.2) is 23.6 Å². The molecule has 1 N–H and O–H groups in total. The van der Waals surface area contributed by atoms with Crippen LogP contribution in [-0.2, 0) is 0 Å². The van der Waals surface area contributed by atoms with Crippen LogP contribution in [0.5, 0.6) is 5.75 Å². The summed E-state index contributed by atoms with van der Waals surface area (Å²) in [4.78, 5) is 9.39. The van der Waals surface area contributed by atoms with E-state index in [0.29, 0.717) is 5.92 Å². The third kappa shape index (κ3) is 3.32. The minimum Gasteiger partial charge on any atom is -0.497 e. The van der Waals surface area contributed by atoms with Crippen molar-refractivity contribution in [3.63, 3.8) is 0 Å². The third-order valence-electron chi connectivity index (χ3n) is 3.63. The van der Waals surface area contributed by atoms with Crippen LogP contribution in [0.15, 0.2) is 30.3 Å². The number of aromatic nitrogens is 2. The molecule has 1 aliphatic carbocycles. The first-order chi connectivity index (χ1) is 10.3. The summed E-state index contributed by atoms with van der Waals surface area (Å²) >= 11 is 0. The fourth-order valence-corrected chi connectivity index (χ4v) is 2.29. The summed E-state index contributed by atoms with van der Waals surface area (Å²) in [5.74, 6) is 3.14. The molecule has 4 nitrogen and oxygen atoms in total. The van der Waals surface area contributed by atoms with Crippen LogP contribution in [0, 0.1) is 0 Å². The fraction of sp³-hybridized carbons (Fsp3) is 0.412. The zero-order valence-electron chi connectivity index (χ0n) is 12.6. The van der Waals surface area contributed by atoms with E-state index in [4.69, 9.17) is 9.72 Å². The summed E-state index contributed by atoms with van der Waals surface area (Å²) in [5, 5.41) is 3.37. The monoisotopic (exact) mass is 283 g/mol. The van der Waals surface area contributed by atoms with Crippen LogP contribution in [0.3, 0.4) is 0 Å². The van der Waals surface area contributed by atoms with Gasteiger partial charge < -0.3 is 10.1 Å². The van der Waals surface area contributed by atoms with E-state index in [2.05, 4.69) is 23.3 Å². The average Bonchev–Trinajstić information content (AvgIpc) is 3.37. The second-order valence-electron chi connectivity index (χ2n) is 5.43. The van der Waals surface area contributed by atoms with E-state index < -0.39 is 0 Å². The number of benzene rings is 1. The summed E-state index contributed by atoms with van der Waals surface area (Å²) < 4.78 is 5.29. The molecule has 1 aliphatic rings. The van der Waals surface area contributed by atoms with Gasteiger partial charge in [-0.1, -0.05) is 19.1 Å². The molecule has 21 heavy (non-hydrogen) atoms. The average molecular weight is 283 g/mol. The van der Waals surface area contributed by atoms with Crippen molar-refractivity contribution < 1.29 is 4.74 Å². The number of nitrogens with one attached hydrogen (secondary N) is 1. The predicted octanol–water partition coefficient (Wildman–Crippen LogP) is 3.85. The van der Waals surface area contributed by atoms with Gasteiger partial charge >= 0.3 is 0 Å². The maximum atomic E-state index is 5.29. The molecule has 2 aromatic rings. The van der Waals surface area contributed by atoms with Crippen molar-refractivity contribution in [1.82, 2.24) is 9.97 Å². The van der Waals surface area contributed by atoms with Crippen LogP contribution < -0.4 is 10.1 Å². The predicted molar refractivity (Wildman–Crippen MR) is 84.8 cm³/mol. The largest absolute Gasteiger partial charge is 0.497 e. The first-order valence-corrected chi connectivity index (χ1v) is 7.57. The molecule has 0 saturated heterocycles. The van der Waals surface area contributed by atoms with Crippen molar-refractivity contribution >= 4 is 5.82 Å². The Bertz CT molecular complexity index is 623. The Balaban J connectivity index is 1.97. The smallest absolute Gasteiger partial charge is 0.161 e. The molecule has 0 radical (unpaired) electrons. The fourth-order valence-electron chi connectivity index (χ4n) is 2.29. The molecule has 0 bridgehead atoms. The second-order valence-corrected chi connectivity index (χ2v) is 5.43. The van der Waals surface area contributed by atoms with Crippen molar-refractivity contribution in [2.75, 3.05) is 19.0 Å². The Morgan fingerprint density at radius 1 is 1.24 bits per heavy atom. The highest BCUT2D eigenvalue weighted by molar-refractivity contribution is 5.60. The SMILES string of the molecule is CCCNc1cc(C2CC2)nc(-c2cccc(OC)c2)n1. The molecule has 110 valence electrons. The Labute approximate surface area is 125 Å². The van der Waals surface area contributed by atoms with E-state index in [0.717, 1.165) is 41.6 Å². The minimum atomic E-state index is 0.611. The molecule has 1 fully saturated rings. The van der Waals surface area contributed by atoms with E-state index in [1.54, 1.807) is 7.11 Å². The molecular formula is C17H21N3O. The molecule has 1 aromatic carbocycles. The number of ether oxygens (including phenoxy) is 1. The van der Waals surface area contributed by atoms with E-state index in [-0.39, 0.29) is 0 Å². The maximum Gasteiger partial charge on any atom is 0.161 e. The number of nitrogens with zero attached hydrogens (tertiary/aromatic N) is 2. The molecule has 0 aliphatic heterocycles.